The van der Waals surface area contributed by atoms with Gasteiger partial charge in [-0.15, -0.1) is 0 Å². The maximum atomic E-state index is 11.5. The minimum Gasteiger partial charge on any atom is -0.336 e. The van der Waals surface area contributed by atoms with Crippen molar-refractivity contribution in [1.82, 2.24) is 10.2 Å². The molecular weight excluding hydrogens is 222 g/mol. The molecule has 0 spiro atoms. The third kappa shape index (κ3) is 2.79. The molecule has 1 amide bonds. The second kappa shape index (κ2) is 4.92. The van der Waals surface area contributed by atoms with Crippen molar-refractivity contribution < 1.29 is 9.72 Å². The molecule has 0 radical (unpaired) electrons. The third-order valence-corrected chi connectivity index (χ3v) is 2.71. The molecule has 6 nitrogen and oxygen atoms in total. The van der Waals surface area contributed by atoms with Gasteiger partial charge in [0.15, 0.2) is 0 Å². The number of carbonyl (C=O) groups is 1. The summed E-state index contributed by atoms with van der Waals surface area (Å²) in [4.78, 5) is 23.3. The molecule has 1 aromatic carbocycles. The van der Waals surface area contributed by atoms with E-state index < -0.39 is 4.92 Å². The van der Waals surface area contributed by atoms with Crippen LogP contribution in [0.2, 0.25) is 0 Å². The predicted octanol–water partition coefficient (Wildman–Crippen LogP) is 0.527. The fourth-order valence-electron chi connectivity index (χ4n) is 1.76. The molecule has 90 valence electrons. The number of amides is 1. The largest absolute Gasteiger partial charge is 0.336 e. The normalized spacial score (nSPS) is 16.0. The Labute approximate surface area is 98.4 Å². The van der Waals surface area contributed by atoms with Gasteiger partial charge in [0.25, 0.3) is 5.69 Å². The van der Waals surface area contributed by atoms with Crippen LogP contribution >= 0.6 is 0 Å². The Bertz CT molecular complexity index is 430. The highest BCUT2D eigenvalue weighted by Gasteiger charge is 2.17. The van der Waals surface area contributed by atoms with Crippen molar-refractivity contribution in [2.45, 2.75) is 6.54 Å². The highest BCUT2D eigenvalue weighted by atomic mass is 16.6. The second-order valence-corrected chi connectivity index (χ2v) is 3.92. The molecule has 6 heteroatoms. The van der Waals surface area contributed by atoms with Crippen LogP contribution in [0.3, 0.4) is 0 Å². The quantitative estimate of drug-likeness (QED) is 0.612. The highest BCUT2D eigenvalue weighted by Crippen LogP contribution is 2.13. The lowest BCUT2D eigenvalue weighted by Crippen LogP contribution is -2.47. The molecule has 1 aliphatic rings. The number of non-ortho nitro benzene ring substituents is 1. The molecule has 1 fully saturated rings. The number of nitrogens with one attached hydrogen (secondary N) is 1. The van der Waals surface area contributed by atoms with Crippen LogP contribution in [0.15, 0.2) is 24.3 Å². The second-order valence-electron chi connectivity index (χ2n) is 3.92. The average molecular weight is 235 g/mol. The number of piperazine rings is 1. The molecule has 0 bridgehead atoms. The molecule has 1 aromatic rings. The minimum atomic E-state index is -0.431. The third-order valence-electron chi connectivity index (χ3n) is 2.71. The maximum Gasteiger partial charge on any atom is 0.269 e. The van der Waals surface area contributed by atoms with Crippen LogP contribution in [0.25, 0.3) is 0 Å². The summed E-state index contributed by atoms with van der Waals surface area (Å²) < 4.78 is 0. The first-order valence-electron chi connectivity index (χ1n) is 5.38. The van der Waals surface area contributed by atoms with E-state index in [0.29, 0.717) is 19.6 Å². The standard InChI is InChI=1S/C11H13N3O3/c15-11-7-12-5-6-13(11)8-9-1-3-10(4-2-9)14(16)17/h1-4,12H,5-8H2. The molecule has 2 rings (SSSR count). The summed E-state index contributed by atoms with van der Waals surface area (Å²) >= 11 is 0. The number of hydrogen-bond acceptors (Lipinski definition) is 4. The summed E-state index contributed by atoms with van der Waals surface area (Å²) in [6.07, 6.45) is 0. The van der Waals surface area contributed by atoms with Crippen LogP contribution in [0.4, 0.5) is 5.69 Å². The zero-order valence-electron chi connectivity index (χ0n) is 9.26. The summed E-state index contributed by atoms with van der Waals surface area (Å²) in [5.41, 5.74) is 0.978. The van der Waals surface area contributed by atoms with Gasteiger partial charge in [0.1, 0.15) is 0 Å². The number of nitro benzene ring substituents is 1. The van der Waals surface area contributed by atoms with Crippen LogP contribution in [-0.4, -0.2) is 35.4 Å². The molecule has 1 heterocycles. The Morgan fingerprint density at radius 3 is 2.65 bits per heavy atom. The van der Waals surface area contributed by atoms with Crippen molar-refractivity contribution >= 4 is 11.6 Å². The van der Waals surface area contributed by atoms with Crippen LogP contribution in [-0.2, 0) is 11.3 Å². The van der Waals surface area contributed by atoms with Gasteiger partial charge in [0.2, 0.25) is 5.91 Å². The van der Waals surface area contributed by atoms with Crippen molar-refractivity contribution in [2.24, 2.45) is 0 Å². The molecule has 0 unspecified atom stereocenters. The van der Waals surface area contributed by atoms with Gasteiger partial charge >= 0.3 is 0 Å². The Morgan fingerprint density at radius 1 is 1.35 bits per heavy atom. The van der Waals surface area contributed by atoms with Gasteiger partial charge < -0.3 is 10.2 Å². The van der Waals surface area contributed by atoms with Crippen LogP contribution in [0.5, 0.6) is 0 Å². The van der Waals surface area contributed by atoms with E-state index >= 15 is 0 Å². The van der Waals surface area contributed by atoms with E-state index in [4.69, 9.17) is 0 Å². The lowest BCUT2D eigenvalue weighted by atomic mass is 10.2. The first-order valence-corrected chi connectivity index (χ1v) is 5.38. The number of rotatable bonds is 3. The molecular formula is C11H13N3O3. The molecule has 17 heavy (non-hydrogen) atoms. The summed E-state index contributed by atoms with van der Waals surface area (Å²) in [6.45, 7) is 2.35. The Morgan fingerprint density at radius 2 is 2.06 bits per heavy atom. The van der Waals surface area contributed by atoms with E-state index in [-0.39, 0.29) is 11.6 Å². The number of carbonyl (C=O) groups excluding carboxylic acids is 1. The fraction of sp³-hybridized carbons (Fsp3) is 0.364. The fourth-order valence-corrected chi connectivity index (χ4v) is 1.76. The van der Waals surface area contributed by atoms with Gasteiger partial charge in [-0.25, -0.2) is 0 Å². The lowest BCUT2D eigenvalue weighted by molar-refractivity contribution is -0.384. The van der Waals surface area contributed by atoms with Crippen LogP contribution in [0, 0.1) is 10.1 Å². The Hall–Kier alpha value is -1.95. The number of nitrogens with zero attached hydrogens (tertiary/aromatic N) is 2. The van der Waals surface area contributed by atoms with E-state index in [9.17, 15) is 14.9 Å². The van der Waals surface area contributed by atoms with Crippen molar-refractivity contribution in [3.05, 3.63) is 39.9 Å². The van der Waals surface area contributed by atoms with Crippen molar-refractivity contribution in [1.29, 1.82) is 0 Å². The lowest BCUT2D eigenvalue weighted by Gasteiger charge is -2.27. The minimum absolute atomic E-state index is 0.0644. The van der Waals surface area contributed by atoms with E-state index in [0.717, 1.165) is 12.1 Å². The summed E-state index contributed by atoms with van der Waals surface area (Å²) in [5, 5.41) is 13.5. The Balaban J connectivity index is 2.03. The maximum absolute atomic E-state index is 11.5. The van der Waals surface area contributed by atoms with E-state index in [1.807, 2.05) is 0 Å². The average Bonchev–Trinajstić information content (AvgIpc) is 2.33. The van der Waals surface area contributed by atoms with Crippen molar-refractivity contribution in [3.8, 4) is 0 Å². The number of hydrogen-bond donors (Lipinski definition) is 1. The van der Waals surface area contributed by atoms with Crippen LogP contribution < -0.4 is 5.32 Å². The van der Waals surface area contributed by atoms with Crippen molar-refractivity contribution in [2.75, 3.05) is 19.6 Å². The highest BCUT2D eigenvalue weighted by molar-refractivity contribution is 5.78. The van der Waals surface area contributed by atoms with Gasteiger partial charge in [-0.2, -0.15) is 0 Å². The molecule has 0 atom stereocenters. The molecule has 1 aliphatic heterocycles. The molecule has 1 saturated heterocycles. The van der Waals surface area contributed by atoms with Gasteiger partial charge in [-0.05, 0) is 5.56 Å². The SMILES string of the molecule is O=C1CNCCN1Cc1ccc([N+](=O)[O-])cc1. The number of nitro groups is 1. The summed E-state index contributed by atoms with van der Waals surface area (Å²) in [7, 11) is 0. The molecule has 1 N–H and O–H groups in total. The first kappa shape index (κ1) is 11.5. The number of benzene rings is 1. The smallest absolute Gasteiger partial charge is 0.269 e. The predicted molar refractivity (Wildman–Crippen MR) is 61.4 cm³/mol. The van der Waals surface area contributed by atoms with Gasteiger partial charge in [-0.3, -0.25) is 14.9 Å². The Kier molecular flexibility index (Phi) is 3.34. The summed E-state index contributed by atoms with van der Waals surface area (Å²) in [5.74, 6) is 0.0644. The van der Waals surface area contributed by atoms with Crippen LogP contribution in [0.1, 0.15) is 5.56 Å². The van der Waals surface area contributed by atoms with E-state index in [1.54, 1.807) is 17.0 Å². The first-order chi connectivity index (χ1) is 8.16. The molecule has 0 saturated carbocycles. The van der Waals surface area contributed by atoms with Gasteiger partial charge in [0, 0.05) is 31.8 Å². The summed E-state index contributed by atoms with van der Waals surface area (Å²) in [6, 6.07) is 6.30. The van der Waals surface area contributed by atoms with E-state index in [1.165, 1.54) is 12.1 Å². The topological polar surface area (TPSA) is 75.5 Å². The zero-order valence-corrected chi connectivity index (χ0v) is 9.26. The van der Waals surface area contributed by atoms with Crippen molar-refractivity contribution in [3.63, 3.8) is 0 Å². The molecule has 0 aromatic heterocycles. The zero-order chi connectivity index (χ0) is 12.3. The van der Waals surface area contributed by atoms with Gasteiger partial charge in [-0.1, -0.05) is 12.1 Å². The van der Waals surface area contributed by atoms with Gasteiger partial charge in [0.05, 0.1) is 11.5 Å². The van der Waals surface area contributed by atoms with E-state index in [2.05, 4.69) is 5.32 Å². The molecule has 0 aliphatic carbocycles. The monoisotopic (exact) mass is 235 g/mol.